The van der Waals surface area contributed by atoms with Gasteiger partial charge in [0.2, 0.25) is 11.8 Å². The minimum absolute atomic E-state index is 0.576. The molecule has 4 N–H and O–H groups in total. The molecule has 0 bridgehead atoms. The molecule has 6 aromatic carbocycles. The topological polar surface area (TPSA) is 98.7 Å². The Balaban J connectivity index is 1.41. The van der Waals surface area contributed by atoms with Gasteiger partial charge in [0.15, 0.2) is 0 Å². The van der Waals surface area contributed by atoms with Crippen LogP contribution in [0.1, 0.15) is 59.3 Å². The highest BCUT2D eigenvalue weighted by Crippen LogP contribution is 2.43. The Kier molecular flexibility index (Phi) is 10.3. The van der Waals surface area contributed by atoms with Crippen molar-refractivity contribution < 1.29 is 19.8 Å². The summed E-state index contributed by atoms with van der Waals surface area (Å²) in [6, 6.07) is 53.4. The van der Waals surface area contributed by atoms with Crippen molar-refractivity contribution in [3.63, 3.8) is 0 Å². The number of aliphatic hydroxyl groups is 2. The van der Waals surface area contributed by atoms with E-state index in [1.54, 1.807) is 13.8 Å². The van der Waals surface area contributed by atoms with Crippen LogP contribution in [0.2, 0.25) is 0 Å². The Labute approximate surface area is 299 Å². The molecule has 6 rings (SSSR count). The van der Waals surface area contributed by atoms with Gasteiger partial charge in [0.25, 0.3) is 0 Å². The molecule has 2 amide bonds. The second-order valence-electron chi connectivity index (χ2n) is 13.3. The summed E-state index contributed by atoms with van der Waals surface area (Å²) in [5, 5.41) is 31.8. The first-order valence-corrected chi connectivity index (χ1v) is 17.1. The maximum atomic E-state index is 14.6. The van der Waals surface area contributed by atoms with E-state index in [9.17, 15) is 19.8 Å². The highest BCUT2D eigenvalue weighted by atomic mass is 16.3. The van der Waals surface area contributed by atoms with Crippen molar-refractivity contribution >= 4 is 11.8 Å². The summed E-state index contributed by atoms with van der Waals surface area (Å²) >= 11 is 0. The van der Waals surface area contributed by atoms with Gasteiger partial charge >= 0.3 is 0 Å². The molecule has 0 aliphatic heterocycles. The average molecular weight is 675 g/mol. The zero-order valence-electron chi connectivity index (χ0n) is 28.7. The quantitative estimate of drug-likeness (QED) is 0.101. The van der Waals surface area contributed by atoms with Crippen molar-refractivity contribution in [2.75, 3.05) is 0 Å². The van der Waals surface area contributed by atoms with Crippen LogP contribution in [0.4, 0.5) is 0 Å². The highest BCUT2D eigenvalue weighted by Gasteiger charge is 2.48. The third-order valence-corrected chi connectivity index (χ3v) is 9.64. The molecule has 6 heteroatoms. The molecule has 0 saturated carbocycles. The van der Waals surface area contributed by atoms with Gasteiger partial charge in [-0.15, -0.1) is 0 Å². The molecular weight excluding hydrogens is 633 g/mol. The second-order valence-corrected chi connectivity index (χ2v) is 13.3. The summed E-state index contributed by atoms with van der Waals surface area (Å²) in [6.07, 6.45) is 0. The molecule has 2 atom stereocenters. The van der Waals surface area contributed by atoms with Crippen molar-refractivity contribution in [3.8, 4) is 0 Å². The Hall–Kier alpha value is -5.82. The molecule has 0 aliphatic carbocycles. The van der Waals surface area contributed by atoms with Crippen molar-refractivity contribution in [2.24, 2.45) is 5.41 Å². The first-order valence-electron chi connectivity index (χ1n) is 17.1. The third kappa shape index (κ3) is 6.97. The van der Waals surface area contributed by atoms with Gasteiger partial charge in [-0.3, -0.25) is 9.59 Å². The van der Waals surface area contributed by atoms with E-state index in [0.29, 0.717) is 33.4 Å². The lowest BCUT2D eigenvalue weighted by Gasteiger charge is -2.41. The largest absolute Gasteiger partial charge is 0.378 e. The number of rotatable bonds is 12. The molecular formula is C45H42N2O4. The molecule has 256 valence electrons. The molecule has 0 heterocycles. The lowest BCUT2D eigenvalue weighted by molar-refractivity contribution is -0.144. The standard InChI is InChI=1S/C45H42N2O4/c1-43(2,41(48)46-39(33-21-9-3-10-22-33)44(50,35-25-13-5-14-26-35)36-27-15-6-16-28-36)42(49)47-40(34-23-11-4-12-24-34)45(51,37-29-17-7-18-30-37)38-31-19-8-20-32-38/h3-32,39-40,50-51H,1-2H3,(H,46,48)(H,47,49)/t39-,40-/m0/s1. The number of hydrogen-bond acceptors (Lipinski definition) is 4. The van der Waals surface area contributed by atoms with Gasteiger partial charge in [0.1, 0.15) is 16.6 Å². The second kappa shape index (κ2) is 15.0. The number of nitrogens with one attached hydrogen (secondary N) is 2. The number of carbonyl (C=O) groups excluding carboxylic acids is 2. The summed E-state index contributed by atoms with van der Waals surface area (Å²) in [4.78, 5) is 29.1. The van der Waals surface area contributed by atoms with Gasteiger partial charge in [0, 0.05) is 0 Å². The maximum Gasteiger partial charge on any atom is 0.235 e. The van der Waals surface area contributed by atoms with Gasteiger partial charge in [-0.25, -0.2) is 0 Å². The number of amides is 2. The number of hydrogen-bond donors (Lipinski definition) is 4. The van der Waals surface area contributed by atoms with E-state index in [1.807, 2.05) is 182 Å². The van der Waals surface area contributed by atoms with Crippen LogP contribution >= 0.6 is 0 Å². The summed E-state index contributed by atoms with van der Waals surface area (Å²) < 4.78 is 0. The van der Waals surface area contributed by atoms with E-state index in [0.717, 1.165) is 0 Å². The van der Waals surface area contributed by atoms with Crippen LogP contribution in [-0.4, -0.2) is 22.0 Å². The molecule has 0 saturated heterocycles. The van der Waals surface area contributed by atoms with Crippen LogP contribution < -0.4 is 10.6 Å². The molecule has 0 radical (unpaired) electrons. The minimum atomic E-state index is -1.71. The molecule has 6 aromatic rings. The fourth-order valence-electron chi connectivity index (χ4n) is 6.64. The number of carbonyl (C=O) groups is 2. The predicted octanol–water partition coefficient (Wildman–Crippen LogP) is 7.60. The van der Waals surface area contributed by atoms with E-state index in [2.05, 4.69) is 10.6 Å². The van der Waals surface area contributed by atoms with E-state index >= 15 is 0 Å². The predicted molar refractivity (Wildman–Crippen MR) is 200 cm³/mol. The van der Waals surface area contributed by atoms with Crippen LogP contribution in [0.25, 0.3) is 0 Å². The van der Waals surface area contributed by atoms with Crippen LogP contribution in [0, 0.1) is 5.41 Å². The molecule has 0 unspecified atom stereocenters. The fourth-order valence-corrected chi connectivity index (χ4v) is 6.64. The zero-order valence-corrected chi connectivity index (χ0v) is 28.7. The Morgan fingerprint density at radius 3 is 0.863 bits per heavy atom. The Morgan fingerprint density at radius 2 is 0.627 bits per heavy atom. The molecule has 0 spiro atoms. The normalized spacial score (nSPS) is 13.1. The minimum Gasteiger partial charge on any atom is -0.378 e. The fraction of sp³-hybridized carbons (Fsp3) is 0.156. The van der Waals surface area contributed by atoms with Crippen LogP contribution in [0.15, 0.2) is 182 Å². The summed E-state index contributed by atoms with van der Waals surface area (Å²) in [6.45, 7) is 3.10. The summed E-state index contributed by atoms with van der Waals surface area (Å²) in [5.41, 5.74) is -1.47. The average Bonchev–Trinajstić information content (AvgIpc) is 3.20. The monoisotopic (exact) mass is 674 g/mol. The third-order valence-electron chi connectivity index (χ3n) is 9.64. The summed E-state index contributed by atoms with van der Waals surface area (Å²) in [7, 11) is 0. The van der Waals surface area contributed by atoms with Crippen molar-refractivity contribution in [2.45, 2.75) is 37.1 Å². The smallest absolute Gasteiger partial charge is 0.235 e. The summed E-state index contributed by atoms with van der Waals surface area (Å²) in [5.74, 6) is -1.21. The zero-order chi connectivity index (χ0) is 35.9. The highest BCUT2D eigenvalue weighted by molar-refractivity contribution is 6.04. The van der Waals surface area contributed by atoms with Crippen LogP contribution in [-0.2, 0) is 20.8 Å². The van der Waals surface area contributed by atoms with Gasteiger partial charge < -0.3 is 20.8 Å². The van der Waals surface area contributed by atoms with Gasteiger partial charge in [-0.1, -0.05) is 182 Å². The van der Waals surface area contributed by atoms with E-state index in [4.69, 9.17) is 0 Å². The molecule has 51 heavy (non-hydrogen) atoms. The van der Waals surface area contributed by atoms with Crippen molar-refractivity contribution in [1.82, 2.24) is 10.6 Å². The van der Waals surface area contributed by atoms with Crippen molar-refractivity contribution in [1.29, 1.82) is 0 Å². The van der Waals surface area contributed by atoms with Crippen LogP contribution in [0.3, 0.4) is 0 Å². The SMILES string of the molecule is CC(C)(C(=O)N[C@@H](c1ccccc1)C(O)(c1ccccc1)c1ccccc1)C(=O)N[C@@H](c1ccccc1)C(O)(c1ccccc1)c1ccccc1. The maximum absolute atomic E-state index is 14.6. The molecule has 0 aliphatic rings. The van der Waals surface area contributed by atoms with E-state index in [1.165, 1.54) is 0 Å². The van der Waals surface area contributed by atoms with Crippen LogP contribution in [0.5, 0.6) is 0 Å². The number of benzene rings is 6. The Morgan fingerprint density at radius 1 is 0.412 bits per heavy atom. The first kappa shape index (κ1) is 35.0. The molecule has 6 nitrogen and oxygen atoms in total. The molecule has 0 fully saturated rings. The van der Waals surface area contributed by atoms with Crippen molar-refractivity contribution in [3.05, 3.63) is 215 Å². The Bertz CT molecular complexity index is 1790. The van der Waals surface area contributed by atoms with Gasteiger partial charge in [-0.2, -0.15) is 0 Å². The first-order chi connectivity index (χ1) is 24.7. The lowest BCUT2D eigenvalue weighted by atomic mass is 9.76. The van der Waals surface area contributed by atoms with E-state index < -0.39 is 40.5 Å². The lowest BCUT2D eigenvalue weighted by Crippen LogP contribution is -2.55. The molecule has 0 aromatic heterocycles. The van der Waals surface area contributed by atoms with E-state index in [-0.39, 0.29) is 0 Å². The van der Waals surface area contributed by atoms with Gasteiger partial charge in [-0.05, 0) is 47.2 Å². The van der Waals surface area contributed by atoms with Gasteiger partial charge in [0.05, 0.1) is 12.1 Å².